The summed E-state index contributed by atoms with van der Waals surface area (Å²) in [5, 5.41) is 5.13. The van der Waals surface area contributed by atoms with E-state index in [1.807, 2.05) is 13.8 Å². The number of anilines is 1. The van der Waals surface area contributed by atoms with E-state index in [0.717, 1.165) is 0 Å². The summed E-state index contributed by atoms with van der Waals surface area (Å²) >= 11 is 0. The molecule has 4 N–H and O–H groups in total. The molecule has 0 aliphatic heterocycles. The minimum atomic E-state index is -0.749. The van der Waals surface area contributed by atoms with Gasteiger partial charge in [0.1, 0.15) is 6.04 Å². The Labute approximate surface area is 129 Å². The molecule has 0 aliphatic carbocycles. The first-order chi connectivity index (χ1) is 10.4. The topological polar surface area (TPSA) is 111 Å². The second kappa shape index (κ2) is 8.02. The smallest absolute Gasteiger partial charge is 0.337 e. The third-order valence-electron chi connectivity index (χ3n) is 3.37. The van der Waals surface area contributed by atoms with Crippen LogP contribution in [0.15, 0.2) is 24.3 Å². The highest BCUT2D eigenvalue weighted by molar-refractivity contribution is 5.97. The quantitative estimate of drug-likeness (QED) is 0.691. The molecule has 7 heteroatoms. The van der Waals surface area contributed by atoms with E-state index >= 15 is 0 Å². The van der Waals surface area contributed by atoms with Gasteiger partial charge in [0.25, 0.3) is 0 Å². The highest BCUT2D eigenvalue weighted by atomic mass is 16.5. The van der Waals surface area contributed by atoms with Crippen molar-refractivity contribution in [1.82, 2.24) is 5.32 Å². The summed E-state index contributed by atoms with van der Waals surface area (Å²) in [6.07, 6.45) is 0.708. The number of methoxy groups -OCH3 is 1. The zero-order valence-corrected chi connectivity index (χ0v) is 12.9. The van der Waals surface area contributed by atoms with Gasteiger partial charge in [-0.05, 0) is 30.2 Å². The van der Waals surface area contributed by atoms with Crippen molar-refractivity contribution in [3.05, 3.63) is 29.8 Å². The van der Waals surface area contributed by atoms with Gasteiger partial charge in [0.15, 0.2) is 0 Å². The van der Waals surface area contributed by atoms with Gasteiger partial charge in [-0.1, -0.05) is 20.3 Å². The van der Waals surface area contributed by atoms with Crippen molar-refractivity contribution in [3.63, 3.8) is 0 Å². The zero-order valence-electron chi connectivity index (χ0n) is 12.9. The minimum absolute atomic E-state index is 0.0677. The molecule has 0 saturated carbocycles. The molecule has 0 aliphatic rings. The van der Waals surface area contributed by atoms with Gasteiger partial charge in [0.2, 0.25) is 5.91 Å². The van der Waals surface area contributed by atoms with E-state index in [1.165, 1.54) is 7.11 Å². The Hall–Kier alpha value is -2.57. The number of carbonyl (C=O) groups excluding carboxylic acids is 3. The molecule has 0 unspecified atom stereocenters. The first kappa shape index (κ1) is 17.5. The molecule has 120 valence electrons. The summed E-state index contributed by atoms with van der Waals surface area (Å²) in [6, 6.07) is 4.79. The molecular weight excluding hydrogens is 286 g/mol. The third kappa shape index (κ3) is 4.76. The molecule has 3 amide bonds. The lowest BCUT2D eigenvalue weighted by Gasteiger charge is -2.22. The van der Waals surface area contributed by atoms with E-state index < -0.39 is 18.0 Å². The number of hydrogen-bond acceptors (Lipinski definition) is 4. The Kier molecular flexibility index (Phi) is 6.37. The summed E-state index contributed by atoms with van der Waals surface area (Å²) in [7, 11) is 1.30. The molecule has 1 aromatic carbocycles. The van der Waals surface area contributed by atoms with E-state index in [-0.39, 0.29) is 11.8 Å². The van der Waals surface area contributed by atoms with Crippen LogP contribution in [0.1, 0.15) is 30.6 Å². The van der Waals surface area contributed by atoms with Gasteiger partial charge in [-0.25, -0.2) is 9.59 Å². The minimum Gasteiger partial charge on any atom is -0.465 e. The average molecular weight is 307 g/mol. The van der Waals surface area contributed by atoms with E-state index in [2.05, 4.69) is 15.4 Å². The summed E-state index contributed by atoms with van der Waals surface area (Å²) < 4.78 is 4.60. The molecule has 0 spiro atoms. The summed E-state index contributed by atoms with van der Waals surface area (Å²) in [6.45, 7) is 3.76. The maximum absolute atomic E-state index is 12.3. The fraction of sp³-hybridized carbons (Fsp3) is 0.400. The summed E-state index contributed by atoms with van der Waals surface area (Å²) in [5.41, 5.74) is 6.00. The average Bonchev–Trinajstić information content (AvgIpc) is 2.51. The number of urea groups is 1. The van der Waals surface area contributed by atoms with Gasteiger partial charge in [-0.2, -0.15) is 0 Å². The lowest BCUT2D eigenvalue weighted by Crippen LogP contribution is -2.49. The first-order valence-electron chi connectivity index (χ1n) is 6.94. The Balaban J connectivity index is 2.80. The van der Waals surface area contributed by atoms with Crippen molar-refractivity contribution in [2.24, 2.45) is 11.7 Å². The molecule has 0 aromatic heterocycles. The van der Waals surface area contributed by atoms with Crippen LogP contribution in [0.25, 0.3) is 0 Å². The number of nitrogens with one attached hydrogen (secondary N) is 2. The summed E-state index contributed by atoms with van der Waals surface area (Å²) in [4.78, 5) is 34.6. The van der Waals surface area contributed by atoms with E-state index in [0.29, 0.717) is 17.7 Å². The van der Waals surface area contributed by atoms with Gasteiger partial charge in [-0.3, -0.25) is 4.79 Å². The van der Waals surface area contributed by atoms with Crippen molar-refractivity contribution >= 4 is 23.6 Å². The van der Waals surface area contributed by atoms with Crippen LogP contribution in [0.5, 0.6) is 0 Å². The SMILES string of the molecule is CC[C@@H](C)[C@@H](NC(N)=O)C(=O)Nc1ccc(C(=O)OC)cc1. The summed E-state index contributed by atoms with van der Waals surface area (Å²) in [5.74, 6) is -0.883. The van der Waals surface area contributed by atoms with Crippen LogP contribution in [-0.2, 0) is 9.53 Å². The second-order valence-electron chi connectivity index (χ2n) is 4.93. The van der Waals surface area contributed by atoms with Crippen molar-refractivity contribution in [2.45, 2.75) is 26.3 Å². The zero-order chi connectivity index (χ0) is 16.7. The largest absolute Gasteiger partial charge is 0.465 e. The molecular formula is C15H21N3O4. The van der Waals surface area contributed by atoms with Crippen molar-refractivity contribution in [2.75, 3.05) is 12.4 Å². The molecule has 2 atom stereocenters. The van der Waals surface area contributed by atoms with Crippen LogP contribution in [0.2, 0.25) is 0 Å². The van der Waals surface area contributed by atoms with Gasteiger partial charge in [-0.15, -0.1) is 0 Å². The predicted octanol–water partition coefficient (Wildman–Crippen LogP) is 1.49. The van der Waals surface area contributed by atoms with Gasteiger partial charge < -0.3 is 21.1 Å². The lowest BCUT2D eigenvalue weighted by molar-refractivity contribution is -0.119. The maximum atomic E-state index is 12.3. The number of ether oxygens (including phenoxy) is 1. The van der Waals surface area contributed by atoms with E-state index in [9.17, 15) is 14.4 Å². The van der Waals surface area contributed by atoms with Crippen LogP contribution in [0.4, 0.5) is 10.5 Å². The maximum Gasteiger partial charge on any atom is 0.337 e. The van der Waals surface area contributed by atoms with E-state index in [4.69, 9.17) is 5.73 Å². The molecule has 0 radical (unpaired) electrons. The number of hydrogen-bond donors (Lipinski definition) is 3. The molecule has 0 saturated heterocycles. The fourth-order valence-corrected chi connectivity index (χ4v) is 1.88. The van der Waals surface area contributed by atoms with Crippen LogP contribution in [0, 0.1) is 5.92 Å². The van der Waals surface area contributed by atoms with Crippen molar-refractivity contribution in [3.8, 4) is 0 Å². The van der Waals surface area contributed by atoms with Gasteiger partial charge in [0.05, 0.1) is 12.7 Å². The third-order valence-corrected chi connectivity index (χ3v) is 3.37. The number of benzene rings is 1. The van der Waals surface area contributed by atoms with Crippen LogP contribution < -0.4 is 16.4 Å². The highest BCUT2D eigenvalue weighted by Crippen LogP contribution is 2.14. The van der Waals surface area contributed by atoms with Gasteiger partial charge in [0, 0.05) is 5.69 Å². The number of amides is 3. The van der Waals surface area contributed by atoms with Crippen molar-refractivity contribution in [1.29, 1.82) is 0 Å². The Bertz CT molecular complexity index is 542. The monoisotopic (exact) mass is 307 g/mol. The standard InChI is InChI=1S/C15H21N3O4/c1-4-9(2)12(18-15(16)21)13(19)17-11-7-5-10(6-8-11)14(20)22-3/h5-9,12H,4H2,1-3H3,(H,17,19)(H3,16,18,21)/t9-,12-/m1/s1. The number of carbonyl (C=O) groups is 3. The molecule has 1 rings (SSSR count). The molecule has 0 heterocycles. The molecule has 7 nitrogen and oxygen atoms in total. The molecule has 1 aromatic rings. The molecule has 0 fully saturated rings. The number of primary amides is 1. The molecule has 0 bridgehead atoms. The van der Waals surface area contributed by atoms with Crippen molar-refractivity contribution < 1.29 is 19.1 Å². The number of nitrogens with two attached hydrogens (primary N) is 1. The normalized spacial score (nSPS) is 12.9. The van der Waals surface area contributed by atoms with Crippen LogP contribution >= 0.6 is 0 Å². The highest BCUT2D eigenvalue weighted by Gasteiger charge is 2.25. The fourth-order valence-electron chi connectivity index (χ4n) is 1.88. The molecule has 22 heavy (non-hydrogen) atoms. The Morgan fingerprint density at radius 1 is 1.23 bits per heavy atom. The number of rotatable bonds is 6. The Morgan fingerprint density at radius 3 is 2.27 bits per heavy atom. The van der Waals surface area contributed by atoms with Crippen LogP contribution in [0.3, 0.4) is 0 Å². The van der Waals surface area contributed by atoms with Crippen LogP contribution in [-0.4, -0.2) is 31.1 Å². The first-order valence-corrected chi connectivity index (χ1v) is 6.94. The lowest BCUT2D eigenvalue weighted by atomic mass is 9.98. The second-order valence-corrected chi connectivity index (χ2v) is 4.93. The Morgan fingerprint density at radius 2 is 1.82 bits per heavy atom. The van der Waals surface area contributed by atoms with E-state index in [1.54, 1.807) is 24.3 Å². The predicted molar refractivity (Wildman–Crippen MR) is 82.4 cm³/mol. The van der Waals surface area contributed by atoms with Gasteiger partial charge >= 0.3 is 12.0 Å². The number of esters is 1.